The van der Waals surface area contributed by atoms with Crippen molar-refractivity contribution in [1.29, 1.82) is 0 Å². The summed E-state index contributed by atoms with van der Waals surface area (Å²) in [6.07, 6.45) is 4.91. The number of unbranched alkanes of at least 4 members (excludes halogenated alkanes) is 2. The first-order chi connectivity index (χ1) is 10.7. The van der Waals surface area contributed by atoms with Crippen molar-refractivity contribution in [2.45, 2.75) is 39.7 Å². The molecule has 5 heteroatoms. The molecule has 116 valence electrons. The summed E-state index contributed by atoms with van der Waals surface area (Å²) >= 11 is 0. The third-order valence-corrected chi connectivity index (χ3v) is 3.86. The van der Waals surface area contributed by atoms with E-state index >= 15 is 0 Å². The summed E-state index contributed by atoms with van der Waals surface area (Å²) in [4.78, 5) is 20.2. The smallest absolute Gasteiger partial charge is 0.277 e. The van der Waals surface area contributed by atoms with Crippen molar-refractivity contribution < 1.29 is 4.74 Å². The number of ether oxygens (including phenoxy) is 1. The lowest BCUT2D eigenvalue weighted by Crippen LogP contribution is -2.20. The van der Waals surface area contributed by atoms with Gasteiger partial charge in [-0.15, -0.1) is 0 Å². The van der Waals surface area contributed by atoms with Gasteiger partial charge in [-0.2, -0.15) is 0 Å². The lowest BCUT2D eigenvalue weighted by molar-refractivity contribution is 0.341. The molecule has 0 bridgehead atoms. The average Bonchev–Trinajstić information content (AvgIpc) is 2.89. The fraction of sp³-hybridized carbons (Fsp3) is 0.412. The van der Waals surface area contributed by atoms with Gasteiger partial charge in [0.1, 0.15) is 16.8 Å². The minimum absolute atomic E-state index is 0.00439. The maximum atomic E-state index is 12.6. The highest BCUT2D eigenvalue weighted by atomic mass is 16.5. The summed E-state index contributed by atoms with van der Waals surface area (Å²) in [7, 11) is 0. The Kier molecular flexibility index (Phi) is 4.13. The number of fused-ring (bicyclic) bond motifs is 3. The van der Waals surface area contributed by atoms with Crippen molar-refractivity contribution >= 4 is 21.9 Å². The summed E-state index contributed by atoms with van der Waals surface area (Å²) in [5, 5.41) is 0.929. The van der Waals surface area contributed by atoms with Crippen molar-refractivity contribution in [1.82, 2.24) is 14.5 Å². The fourth-order valence-corrected chi connectivity index (χ4v) is 2.72. The van der Waals surface area contributed by atoms with Gasteiger partial charge in [0.15, 0.2) is 0 Å². The molecule has 0 fully saturated rings. The van der Waals surface area contributed by atoms with Crippen LogP contribution >= 0.6 is 0 Å². The highest BCUT2D eigenvalue weighted by Crippen LogP contribution is 2.25. The van der Waals surface area contributed by atoms with Crippen molar-refractivity contribution in [2.75, 3.05) is 6.61 Å². The van der Waals surface area contributed by atoms with E-state index in [2.05, 4.69) is 16.9 Å². The number of nitrogens with zero attached hydrogens (tertiary/aromatic N) is 2. The van der Waals surface area contributed by atoms with Crippen LogP contribution in [0.1, 0.15) is 33.1 Å². The van der Waals surface area contributed by atoms with Crippen LogP contribution in [0.5, 0.6) is 5.75 Å². The molecule has 2 heterocycles. The van der Waals surface area contributed by atoms with Gasteiger partial charge in [0, 0.05) is 17.4 Å². The Morgan fingerprint density at radius 3 is 2.91 bits per heavy atom. The van der Waals surface area contributed by atoms with E-state index in [0.717, 1.165) is 42.5 Å². The Hall–Kier alpha value is -2.30. The number of hydrogen-bond acceptors (Lipinski definition) is 3. The second-order valence-corrected chi connectivity index (χ2v) is 5.44. The maximum absolute atomic E-state index is 12.6. The van der Waals surface area contributed by atoms with E-state index in [4.69, 9.17) is 4.74 Å². The second kappa shape index (κ2) is 6.22. The van der Waals surface area contributed by atoms with Crippen molar-refractivity contribution in [3.8, 4) is 5.75 Å². The van der Waals surface area contributed by atoms with Crippen molar-refractivity contribution in [2.24, 2.45) is 0 Å². The Morgan fingerprint density at radius 1 is 1.27 bits per heavy atom. The first-order valence-corrected chi connectivity index (χ1v) is 7.88. The monoisotopic (exact) mass is 299 g/mol. The molecular formula is C17H21N3O2. The van der Waals surface area contributed by atoms with Gasteiger partial charge in [-0.1, -0.05) is 19.8 Å². The number of H-pyrrole nitrogens is 1. The first-order valence-electron chi connectivity index (χ1n) is 7.88. The highest BCUT2D eigenvalue weighted by Gasteiger charge is 2.11. The number of rotatable bonds is 6. The predicted molar refractivity (Wildman–Crippen MR) is 88.6 cm³/mol. The third kappa shape index (κ3) is 2.58. The molecule has 0 unspecified atom stereocenters. The molecular weight excluding hydrogens is 278 g/mol. The molecule has 0 aliphatic carbocycles. The largest absolute Gasteiger partial charge is 0.494 e. The molecule has 0 aliphatic rings. The first kappa shape index (κ1) is 14.6. The Balaban J connectivity index is 2.07. The van der Waals surface area contributed by atoms with Gasteiger partial charge in [0.05, 0.1) is 12.9 Å². The van der Waals surface area contributed by atoms with Gasteiger partial charge in [0.2, 0.25) is 0 Å². The zero-order chi connectivity index (χ0) is 15.5. The lowest BCUT2D eigenvalue weighted by atomic mass is 10.2. The number of nitrogens with one attached hydrogen (secondary N) is 1. The van der Waals surface area contributed by atoms with E-state index in [9.17, 15) is 4.79 Å². The third-order valence-electron chi connectivity index (χ3n) is 3.86. The van der Waals surface area contributed by atoms with Crippen LogP contribution < -0.4 is 10.3 Å². The number of aryl methyl sites for hydroxylation is 1. The molecule has 0 saturated heterocycles. The zero-order valence-corrected chi connectivity index (χ0v) is 13.1. The van der Waals surface area contributed by atoms with Gasteiger partial charge >= 0.3 is 0 Å². The molecule has 0 aliphatic heterocycles. The average molecular weight is 299 g/mol. The molecule has 5 nitrogen and oxygen atoms in total. The Morgan fingerprint density at radius 2 is 2.14 bits per heavy atom. The van der Waals surface area contributed by atoms with Crippen LogP contribution in [0.4, 0.5) is 0 Å². The standard InChI is InChI=1S/C17H21N3O2/c1-3-5-6-9-20-11-18-15-13-10-12(22-4-2)7-8-14(13)19-16(15)17(20)21/h7-8,10-11,19H,3-6,9H2,1-2H3. The molecule has 2 aromatic heterocycles. The van der Waals surface area contributed by atoms with E-state index in [1.54, 1.807) is 10.9 Å². The quantitative estimate of drug-likeness (QED) is 0.709. The van der Waals surface area contributed by atoms with Crippen LogP contribution in [0.15, 0.2) is 29.3 Å². The van der Waals surface area contributed by atoms with Crippen LogP contribution in [0.2, 0.25) is 0 Å². The van der Waals surface area contributed by atoms with Gasteiger partial charge in [-0.05, 0) is 31.5 Å². The summed E-state index contributed by atoms with van der Waals surface area (Å²) in [5.41, 5.74) is 2.19. The fourth-order valence-electron chi connectivity index (χ4n) is 2.72. The van der Waals surface area contributed by atoms with E-state index in [-0.39, 0.29) is 5.56 Å². The van der Waals surface area contributed by atoms with Crippen molar-refractivity contribution in [3.63, 3.8) is 0 Å². The number of aromatic amines is 1. The summed E-state index contributed by atoms with van der Waals surface area (Å²) in [5.74, 6) is 0.796. The van der Waals surface area contributed by atoms with Crippen LogP contribution in [0.25, 0.3) is 21.9 Å². The number of benzene rings is 1. The molecule has 0 radical (unpaired) electrons. The molecule has 0 spiro atoms. The molecule has 0 atom stereocenters. The van der Waals surface area contributed by atoms with E-state index < -0.39 is 0 Å². The van der Waals surface area contributed by atoms with Crippen LogP contribution in [-0.4, -0.2) is 21.1 Å². The normalized spacial score (nSPS) is 11.4. The van der Waals surface area contributed by atoms with E-state index in [1.165, 1.54) is 0 Å². The molecule has 0 saturated carbocycles. The minimum atomic E-state index is -0.00439. The van der Waals surface area contributed by atoms with Gasteiger partial charge in [-0.25, -0.2) is 4.98 Å². The molecule has 1 aromatic carbocycles. The molecule has 22 heavy (non-hydrogen) atoms. The zero-order valence-electron chi connectivity index (χ0n) is 13.1. The molecule has 1 N–H and O–H groups in total. The van der Waals surface area contributed by atoms with Crippen molar-refractivity contribution in [3.05, 3.63) is 34.9 Å². The summed E-state index contributed by atoms with van der Waals surface area (Å²) in [6, 6.07) is 5.77. The van der Waals surface area contributed by atoms with Crippen LogP contribution in [0.3, 0.4) is 0 Å². The summed E-state index contributed by atoms with van der Waals surface area (Å²) in [6.45, 7) is 5.44. The predicted octanol–water partition coefficient (Wildman–Crippen LogP) is 3.47. The van der Waals surface area contributed by atoms with E-state index in [1.807, 2.05) is 25.1 Å². The van der Waals surface area contributed by atoms with Gasteiger partial charge in [0.25, 0.3) is 5.56 Å². The maximum Gasteiger partial charge on any atom is 0.277 e. The molecule has 3 aromatic rings. The van der Waals surface area contributed by atoms with E-state index in [0.29, 0.717) is 17.6 Å². The summed E-state index contributed by atoms with van der Waals surface area (Å²) < 4.78 is 7.22. The SMILES string of the molecule is CCCCCn1cnc2c([nH]c3ccc(OCC)cc32)c1=O. The van der Waals surface area contributed by atoms with Crippen LogP contribution in [-0.2, 0) is 6.54 Å². The lowest BCUT2D eigenvalue weighted by Gasteiger charge is -2.04. The minimum Gasteiger partial charge on any atom is -0.494 e. The molecule has 0 amide bonds. The Labute approximate surface area is 128 Å². The highest BCUT2D eigenvalue weighted by molar-refractivity contribution is 6.04. The second-order valence-electron chi connectivity index (χ2n) is 5.44. The van der Waals surface area contributed by atoms with Crippen LogP contribution in [0, 0.1) is 0 Å². The van der Waals surface area contributed by atoms with Gasteiger partial charge in [-0.3, -0.25) is 9.36 Å². The topological polar surface area (TPSA) is 59.9 Å². The van der Waals surface area contributed by atoms with Gasteiger partial charge < -0.3 is 9.72 Å². The molecule has 3 rings (SSSR count). The number of hydrogen-bond donors (Lipinski definition) is 1. The Bertz CT molecular complexity index is 848. The number of aromatic nitrogens is 3.